The number of hydrogen-bond donors (Lipinski definition) is 0. The van der Waals surface area contributed by atoms with Crippen LogP contribution in [0.4, 0.5) is 0 Å². The second kappa shape index (κ2) is 4.87. The Morgan fingerprint density at radius 3 is 2.64 bits per heavy atom. The lowest BCUT2D eigenvalue weighted by Gasteiger charge is -2.46. The van der Waals surface area contributed by atoms with Crippen molar-refractivity contribution in [2.45, 2.75) is 77.2 Å². The Labute approximate surface area is 150 Å². The van der Waals surface area contributed by atoms with Crippen LogP contribution in [0.2, 0.25) is 0 Å². The lowest BCUT2D eigenvalue weighted by Crippen LogP contribution is -2.65. The Kier molecular flexibility index (Phi) is 3.01. The molecule has 25 heavy (non-hydrogen) atoms. The van der Waals surface area contributed by atoms with Crippen LogP contribution in [0.25, 0.3) is 16.4 Å². The van der Waals surface area contributed by atoms with Gasteiger partial charge in [-0.25, -0.2) is 4.57 Å². The van der Waals surface area contributed by atoms with Crippen LogP contribution in [0, 0.1) is 0 Å². The summed E-state index contributed by atoms with van der Waals surface area (Å²) in [5, 5.41) is 3.04. The molecule has 1 aromatic carbocycles. The summed E-state index contributed by atoms with van der Waals surface area (Å²) in [6.45, 7) is 9.68. The second-order valence-corrected chi connectivity index (χ2v) is 8.54. The lowest BCUT2D eigenvalue weighted by atomic mass is 9.61. The number of pyridine rings is 1. The minimum Gasteiger partial charge on any atom is -0.224 e. The summed E-state index contributed by atoms with van der Waals surface area (Å²) in [5.74, 6) is 0. The highest BCUT2D eigenvalue weighted by Crippen LogP contribution is 2.49. The molecule has 3 aromatic rings. The molecule has 0 fully saturated rings. The first kappa shape index (κ1) is 15.4. The minimum absolute atomic E-state index is 0.112. The van der Waals surface area contributed by atoms with Crippen LogP contribution in [0.3, 0.4) is 0 Å². The molecule has 2 unspecified atom stereocenters. The van der Waals surface area contributed by atoms with Crippen molar-refractivity contribution in [3.63, 3.8) is 0 Å². The van der Waals surface area contributed by atoms with E-state index in [9.17, 15) is 0 Å². The van der Waals surface area contributed by atoms with E-state index in [1.807, 2.05) is 0 Å². The Balaban J connectivity index is 2.07. The third-order valence-corrected chi connectivity index (χ3v) is 7.87. The highest BCUT2D eigenvalue weighted by Gasteiger charge is 2.53. The molecular formula is C23H29N2+. The van der Waals surface area contributed by atoms with Crippen molar-refractivity contribution in [1.29, 1.82) is 0 Å². The average Bonchev–Trinajstić information content (AvgIpc) is 3.12. The molecule has 0 spiro atoms. The topological polar surface area (TPSA) is 8.29 Å². The SMILES string of the molecule is CCC1(C)c2cccc3c4c(n5cc[n+](c5c23)C1(C)CC)CCCC4. The van der Waals surface area contributed by atoms with Crippen molar-refractivity contribution in [1.82, 2.24) is 4.40 Å². The Hall–Kier alpha value is -1.83. The first-order valence-corrected chi connectivity index (χ1v) is 10.1. The molecule has 2 atom stereocenters. The van der Waals surface area contributed by atoms with Crippen LogP contribution in [-0.2, 0) is 23.8 Å². The molecule has 1 aliphatic heterocycles. The van der Waals surface area contributed by atoms with Crippen molar-refractivity contribution >= 4 is 16.4 Å². The Bertz CT molecular complexity index is 1010. The van der Waals surface area contributed by atoms with Crippen molar-refractivity contribution in [2.75, 3.05) is 0 Å². The van der Waals surface area contributed by atoms with E-state index in [1.54, 1.807) is 16.8 Å². The molecule has 0 bridgehead atoms. The predicted molar refractivity (Wildman–Crippen MR) is 103 cm³/mol. The number of fused-ring (bicyclic) bond motifs is 3. The van der Waals surface area contributed by atoms with Gasteiger partial charge >= 0.3 is 0 Å². The lowest BCUT2D eigenvalue weighted by molar-refractivity contribution is -0.750. The van der Waals surface area contributed by atoms with Gasteiger partial charge in [-0.15, -0.1) is 0 Å². The van der Waals surface area contributed by atoms with Gasteiger partial charge in [0, 0.05) is 17.4 Å². The van der Waals surface area contributed by atoms with Crippen LogP contribution >= 0.6 is 0 Å². The fourth-order valence-corrected chi connectivity index (χ4v) is 5.89. The maximum atomic E-state index is 2.61. The highest BCUT2D eigenvalue weighted by molar-refractivity contribution is 5.99. The number of aryl methyl sites for hydroxylation is 2. The van der Waals surface area contributed by atoms with E-state index in [1.165, 1.54) is 42.1 Å². The van der Waals surface area contributed by atoms with Gasteiger partial charge in [0.2, 0.25) is 0 Å². The zero-order valence-corrected chi connectivity index (χ0v) is 16.0. The molecule has 0 radical (unpaired) electrons. The monoisotopic (exact) mass is 333 g/mol. The van der Waals surface area contributed by atoms with Crippen molar-refractivity contribution < 1.29 is 4.57 Å². The maximum absolute atomic E-state index is 2.61. The van der Waals surface area contributed by atoms with E-state index in [0.29, 0.717) is 0 Å². The third kappa shape index (κ3) is 1.60. The summed E-state index contributed by atoms with van der Waals surface area (Å²) < 4.78 is 5.14. The summed E-state index contributed by atoms with van der Waals surface area (Å²) in [6.07, 6.45) is 12.1. The molecule has 1 aliphatic carbocycles. The van der Waals surface area contributed by atoms with E-state index in [-0.39, 0.29) is 11.0 Å². The van der Waals surface area contributed by atoms with E-state index in [2.05, 4.69) is 67.3 Å². The molecule has 0 N–H and O–H groups in total. The summed E-state index contributed by atoms with van der Waals surface area (Å²) in [6, 6.07) is 7.10. The zero-order chi connectivity index (χ0) is 17.4. The summed E-state index contributed by atoms with van der Waals surface area (Å²) in [7, 11) is 0. The van der Waals surface area contributed by atoms with Gasteiger partial charge in [-0.1, -0.05) is 39.0 Å². The summed E-state index contributed by atoms with van der Waals surface area (Å²) >= 11 is 0. The van der Waals surface area contributed by atoms with Gasteiger partial charge in [0.1, 0.15) is 23.6 Å². The minimum atomic E-state index is 0.112. The molecule has 2 nitrogen and oxygen atoms in total. The Morgan fingerprint density at radius 2 is 1.88 bits per heavy atom. The molecule has 0 amide bonds. The average molecular weight is 333 g/mol. The number of imidazole rings is 1. The molecule has 2 heteroatoms. The largest absolute Gasteiger partial charge is 0.295 e. The van der Waals surface area contributed by atoms with Crippen LogP contribution in [-0.4, -0.2) is 4.40 Å². The van der Waals surface area contributed by atoms with E-state index in [0.717, 1.165) is 12.8 Å². The summed E-state index contributed by atoms with van der Waals surface area (Å²) in [4.78, 5) is 0. The molecule has 130 valence electrons. The smallest absolute Gasteiger partial charge is 0.224 e. The van der Waals surface area contributed by atoms with Gasteiger partial charge in [0.25, 0.3) is 5.65 Å². The standard InChI is InChI=1S/C23H29N2/c1-5-22(3)18-12-9-11-17-16-10-7-8-13-19(16)24-14-15-25(21(24)20(17)18)23(22,4)6-2/h9,11-12,14-15H,5-8,10,13H2,1-4H3/q+1. The fourth-order valence-electron chi connectivity index (χ4n) is 5.89. The third-order valence-electron chi connectivity index (χ3n) is 7.87. The predicted octanol–water partition coefficient (Wildman–Crippen LogP) is 5.07. The second-order valence-electron chi connectivity index (χ2n) is 8.54. The summed E-state index contributed by atoms with van der Waals surface area (Å²) in [5.41, 5.74) is 6.43. The van der Waals surface area contributed by atoms with E-state index < -0.39 is 0 Å². The van der Waals surface area contributed by atoms with Gasteiger partial charge in [0.15, 0.2) is 0 Å². The first-order valence-electron chi connectivity index (χ1n) is 10.1. The number of nitrogens with zero attached hydrogens (tertiary/aromatic N) is 2. The van der Waals surface area contributed by atoms with Gasteiger partial charge in [-0.3, -0.25) is 0 Å². The zero-order valence-electron chi connectivity index (χ0n) is 16.0. The number of rotatable bonds is 2. The van der Waals surface area contributed by atoms with Crippen LogP contribution in [0.5, 0.6) is 0 Å². The molecule has 3 heterocycles. The van der Waals surface area contributed by atoms with Crippen molar-refractivity contribution in [2.24, 2.45) is 0 Å². The number of benzene rings is 1. The number of aromatic nitrogens is 2. The molecule has 2 aromatic heterocycles. The fraction of sp³-hybridized carbons (Fsp3) is 0.522. The van der Waals surface area contributed by atoms with Crippen LogP contribution in [0.1, 0.15) is 70.2 Å². The molecule has 0 saturated carbocycles. The molecule has 2 aliphatic rings. The first-order chi connectivity index (χ1) is 12.1. The van der Waals surface area contributed by atoms with E-state index >= 15 is 0 Å². The van der Waals surface area contributed by atoms with Gasteiger partial charge < -0.3 is 0 Å². The van der Waals surface area contributed by atoms with Crippen molar-refractivity contribution in [3.8, 4) is 0 Å². The molecular weight excluding hydrogens is 304 g/mol. The Morgan fingerprint density at radius 1 is 1.08 bits per heavy atom. The van der Waals surface area contributed by atoms with Gasteiger partial charge in [0.05, 0.1) is 5.39 Å². The van der Waals surface area contributed by atoms with Crippen LogP contribution < -0.4 is 4.57 Å². The van der Waals surface area contributed by atoms with Gasteiger partial charge in [-0.2, -0.15) is 4.40 Å². The maximum Gasteiger partial charge on any atom is 0.295 e. The van der Waals surface area contributed by atoms with Crippen molar-refractivity contribution in [3.05, 3.63) is 47.4 Å². The van der Waals surface area contributed by atoms with Crippen LogP contribution in [0.15, 0.2) is 30.6 Å². The number of hydrogen-bond acceptors (Lipinski definition) is 0. The van der Waals surface area contributed by atoms with E-state index in [4.69, 9.17) is 0 Å². The molecule has 0 saturated heterocycles. The van der Waals surface area contributed by atoms with Gasteiger partial charge in [-0.05, 0) is 50.0 Å². The highest BCUT2D eigenvalue weighted by atomic mass is 15.2. The quantitative estimate of drug-likeness (QED) is 0.579. The molecule has 5 rings (SSSR count). The normalized spacial score (nSPS) is 28.0.